The van der Waals surface area contributed by atoms with Crippen molar-refractivity contribution in [2.75, 3.05) is 31.5 Å². The molecule has 1 heterocycles. The van der Waals surface area contributed by atoms with E-state index in [-0.39, 0.29) is 5.91 Å². The third-order valence-corrected chi connectivity index (χ3v) is 4.45. The molecule has 4 heteroatoms. The van der Waals surface area contributed by atoms with Gasteiger partial charge in [0.25, 0.3) is 0 Å². The van der Waals surface area contributed by atoms with Crippen LogP contribution in [0.25, 0.3) is 0 Å². The van der Waals surface area contributed by atoms with Gasteiger partial charge >= 0.3 is 0 Å². The molecule has 4 nitrogen and oxygen atoms in total. The molecule has 1 atom stereocenters. The van der Waals surface area contributed by atoms with E-state index in [0.29, 0.717) is 12.3 Å². The summed E-state index contributed by atoms with van der Waals surface area (Å²) in [5.41, 5.74) is 2.17. The number of carbonyl (C=O) groups excluding carboxylic acids is 1. The van der Waals surface area contributed by atoms with Gasteiger partial charge in [-0.25, -0.2) is 0 Å². The standard InChI is InChI=1S/C18H29N3O/c1-3-21(4-2)14-16-6-5-7-17(12-16)20-18(22)9-8-15-10-11-19-13-15/h5-7,12,15,19H,3-4,8-11,13-14H2,1-2H3,(H,20,22). The highest BCUT2D eigenvalue weighted by molar-refractivity contribution is 5.90. The second-order valence-corrected chi connectivity index (χ2v) is 6.11. The number of nitrogens with zero attached hydrogens (tertiary/aromatic N) is 1. The first-order valence-electron chi connectivity index (χ1n) is 8.53. The Morgan fingerprint density at radius 1 is 1.36 bits per heavy atom. The minimum absolute atomic E-state index is 0.131. The molecule has 0 saturated carbocycles. The molecule has 1 aromatic carbocycles. The Hall–Kier alpha value is -1.39. The van der Waals surface area contributed by atoms with Crippen molar-refractivity contribution >= 4 is 11.6 Å². The van der Waals surface area contributed by atoms with Gasteiger partial charge in [0.1, 0.15) is 0 Å². The Balaban J connectivity index is 1.82. The summed E-state index contributed by atoms with van der Waals surface area (Å²) in [6.45, 7) is 9.53. The summed E-state index contributed by atoms with van der Waals surface area (Å²) in [4.78, 5) is 14.4. The van der Waals surface area contributed by atoms with Gasteiger partial charge in [0.2, 0.25) is 5.91 Å². The quantitative estimate of drug-likeness (QED) is 0.776. The highest BCUT2D eigenvalue weighted by atomic mass is 16.1. The summed E-state index contributed by atoms with van der Waals surface area (Å²) in [6.07, 6.45) is 2.80. The lowest BCUT2D eigenvalue weighted by atomic mass is 10.0. The van der Waals surface area contributed by atoms with E-state index in [1.807, 2.05) is 12.1 Å². The van der Waals surface area contributed by atoms with Crippen molar-refractivity contribution in [3.05, 3.63) is 29.8 Å². The van der Waals surface area contributed by atoms with Gasteiger partial charge in [-0.15, -0.1) is 0 Å². The predicted octanol–water partition coefficient (Wildman–Crippen LogP) is 2.86. The average molecular weight is 303 g/mol. The maximum atomic E-state index is 12.1. The van der Waals surface area contributed by atoms with Crippen LogP contribution in [0.4, 0.5) is 5.69 Å². The molecule has 1 amide bonds. The normalized spacial score (nSPS) is 17.9. The lowest BCUT2D eigenvalue weighted by Crippen LogP contribution is -2.22. The average Bonchev–Trinajstić information content (AvgIpc) is 3.04. The molecular formula is C18H29N3O. The van der Waals surface area contributed by atoms with E-state index in [0.717, 1.165) is 44.8 Å². The summed E-state index contributed by atoms with van der Waals surface area (Å²) >= 11 is 0. The van der Waals surface area contributed by atoms with Crippen molar-refractivity contribution in [1.29, 1.82) is 0 Å². The number of hydrogen-bond acceptors (Lipinski definition) is 3. The summed E-state index contributed by atoms with van der Waals surface area (Å²) in [7, 11) is 0. The van der Waals surface area contributed by atoms with Crippen molar-refractivity contribution in [3.63, 3.8) is 0 Å². The van der Waals surface area contributed by atoms with E-state index in [4.69, 9.17) is 0 Å². The van der Waals surface area contributed by atoms with Crippen molar-refractivity contribution in [2.45, 2.75) is 39.7 Å². The Bertz CT molecular complexity index is 465. The minimum atomic E-state index is 0.131. The van der Waals surface area contributed by atoms with Crippen LogP contribution in [-0.4, -0.2) is 37.0 Å². The maximum Gasteiger partial charge on any atom is 0.224 e. The molecule has 1 aromatic rings. The lowest BCUT2D eigenvalue weighted by Gasteiger charge is -2.18. The zero-order valence-electron chi connectivity index (χ0n) is 13.9. The first-order valence-corrected chi connectivity index (χ1v) is 8.53. The molecule has 0 aliphatic carbocycles. The van der Waals surface area contributed by atoms with E-state index >= 15 is 0 Å². The van der Waals surface area contributed by atoms with Gasteiger partial charge in [-0.2, -0.15) is 0 Å². The Labute approximate surface area is 134 Å². The molecule has 1 saturated heterocycles. The highest BCUT2D eigenvalue weighted by Gasteiger charge is 2.15. The molecule has 0 radical (unpaired) electrons. The van der Waals surface area contributed by atoms with Crippen LogP contribution in [0.15, 0.2) is 24.3 Å². The van der Waals surface area contributed by atoms with E-state index < -0.39 is 0 Å². The molecule has 1 fully saturated rings. The van der Waals surface area contributed by atoms with Gasteiger partial charge < -0.3 is 10.6 Å². The molecule has 1 aliphatic heterocycles. The van der Waals surface area contributed by atoms with Gasteiger partial charge in [0, 0.05) is 18.7 Å². The third kappa shape index (κ3) is 5.43. The molecule has 22 heavy (non-hydrogen) atoms. The minimum Gasteiger partial charge on any atom is -0.326 e. The lowest BCUT2D eigenvalue weighted by molar-refractivity contribution is -0.116. The van der Waals surface area contributed by atoms with Gasteiger partial charge in [-0.1, -0.05) is 26.0 Å². The van der Waals surface area contributed by atoms with Crippen molar-refractivity contribution < 1.29 is 4.79 Å². The van der Waals surface area contributed by atoms with Crippen LogP contribution >= 0.6 is 0 Å². The summed E-state index contributed by atoms with van der Waals surface area (Å²) in [5.74, 6) is 0.798. The van der Waals surface area contributed by atoms with Crippen LogP contribution in [0.5, 0.6) is 0 Å². The second-order valence-electron chi connectivity index (χ2n) is 6.11. The van der Waals surface area contributed by atoms with E-state index in [9.17, 15) is 4.79 Å². The number of benzene rings is 1. The number of carbonyl (C=O) groups is 1. The number of rotatable bonds is 8. The van der Waals surface area contributed by atoms with Gasteiger partial charge in [-0.05, 0) is 62.6 Å². The predicted molar refractivity (Wildman–Crippen MR) is 91.9 cm³/mol. The second kappa shape index (κ2) is 8.91. The topological polar surface area (TPSA) is 44.4 Å². The molecule has 1 unspecified atom stereocenters. The first kappa shape index (κ1) is 17.0. The third-order valence-electron chi connectivity index (χ3n) is 4.45. The van der Waals surface area contributed by atoms with Crippen LogP contribution in [0, 0.1) is 5.92 Å². The Morgan fingerprint density at radius 3 is 2.86 bits per heavy atom. The van der Waals surface area contributed by atoms with E-state index in [1.54, 1.807) is 0 Å². The zero-order chi connectivity index (χ0) is 15.8. The maximum absolute atomic E-state index is 12.1. The number of hydrogen-bond donors (Lipinski definition) is 2. The van der Waals surface area contributed by atoms with Crippen LogP contribution in [0.3, 0.4) is 0 Å². The Morgan fingerprint density at radius 2 is 2.18 bits per heavy atom. The monoisotopic (exact) mass is 303 g/mol. The van der Waals surface area contributed by atoms with Crippen LogP contribution in [0.2, 0.25) is 0 Å². The fraction of sp³-hybridized carbons (Fsp3) is 0.611. The van der Waals surface area contributed by atoms with Crippen molar-refractivity contribution in [1.82, 2.24) is 10.2 Å². The summed E-state index contributed by atoms with van der Waals surface area (Å²) < 4.78 is 0. The molecule has 2 N–H and O–H groups in total. The highest BCUT2D eigenvalue weighted by Crippen LogP contribution is 2.16. The Kier molecular flexibility index (Phi) is 6.87. The number of amides is 1. The smallest absolute Gasteiger partial charge is 0.224 e. The molecule has 0 bridgehead atoms. The molecular weight excluding hydrogens is 274 g/mol. The fourth-order valence-corrected chi connectivity index (χ4v) is 2.97. The number of nitrogens with one attached hydrogen (secondary N) is 2. The first-order chi connectivity index (χ1) is 10.7. The van der Waals surface area contributed by atoms with Crippen molar-refractivity contribution in [2.24, 2.45) is 5.92 Å². The molecule has 0 spiro atoms. The summed E-state index contributed by atoms with van der Waals surface area (Å²) in [6, 6.07) is 8.21. The largest absolute Gasteiger partial charge is 0.326 e. The van der Waals surface area contributed by atoms with Crippen LogP contribution in [0.1, 0.15) is 38.7 Å². The van der Waals surface area contributed by atoms with Crippen LogP contribution in [-0.2, 0) is 11.3 Å². The molecule has 0 aromatic heterocycles. The van der Waals surface area contributed by atoms with E-state index in [2.05, 4.69) is 41.5 Å². The number of anilines is 1. The molecule has 122 valence electrons. The SMILES string of the molecule is CCN(CC)Cc1cccc(NC(=O)CCC2CCNC2)c1. The zero-order valence-corrected chi connectivity index (χ0v) is 13.9. The van der Waals surface area contributed by atoms with Crippen molar-refractivity contribution in [3.8, 4) is 0 Å². The van der Waals surface area contributed by atoms with Crippen LogP contribution < -0.4 is 10.6 Å². The fourth-order valence-electron chi connectivity index (χ4n) is 2.97. The van der Waals surface area contributed by atoms with Gasteiger partial charge in [0.05, 0.1) is 0 Å². The van der Waals surface area contributed by atoms with Gasteiger partial charge in [0.15, 0.2) is 0 Å². The summed E-state index contributed by atoms with van der Waals surface area (Å²) in [5, 5.41) is 6.38. The van der Waals surface area contributed by atoms with E-state index in [1.165, 1.54) is 12.0 Å². The van der Waals surface area contributed by atoms with Gasteiger partial charge in [-0.3, -0.25) is 9.69 Å². The molecule has 2 rings (SSSR count). The molecule has 1 aliphatic rings.